The number of halogens is 3. The fourth-order valence-electron chi connectivity index (χ4n) is 2.09. The van der Waals surface area contributed by atoms with Crippen LogP contribution in [0.2, 0.25) is 15.1 Å². The van der Waals surface area contributed by atoms with Crippen molar-refractivity contribution in [2.24, 2.45) is 0 Å². The van der Waals surface area contributed by atoms with Gasteiger partial charge in [0, 0.05) is 38.9 Å². The summed E-state index contributed by atoms with van der Waals surface area (Å²) in [7, 11) is 0. The van der Waals surface area contributed by atoms with E-state index >= 15 is 0 Å². The zero-order chi connectivity index (χ0) is 15.5. The van der Waals surface area contributed by atoms with Gasteiger partial charge in [0.05, 0.1) is 0 Å². The van der Waals surface area contributed by atoms with E-state index in [1.807, 2.05) is 48.5 Å². The van der Waals surface area contributed by atoms with Crippen molar-refractivity contribution in [3.05, 3.63) is 74.9 Å². The smallest absolute Gasteiger partial charge is 0.152 e. The average molecular weight is 353 g/mol. The van der Waals surface area contributed by atoms with E-state index in [0.29, 0.717) is 21.5 Å². The van der Waals surface area contributed by atoms with Gasteiger partial charge < -0.3 is 5.32 Å². The second-order valence-corrected chi connectivity index (χ2v) is 6.04. The number of nitrogens with one attached hydrogen (secondary N) is 2. The Balaban J connectivity index is 1.75. The van der Waals surface area contributed by atoms with Crippen LogP contribution in [-0.2, 0) is 6.42 Å². The van der Waals surface area contributed by atoms with E-state index in [2.05, 4.69) is 15.5 Å². The summed E-state index contributed by atoms with van der Waals surface area (Å²) in [4.78, 5) is 0. The van der Waals surface area contributed by atoms with Crippen molar-refractivity contribution in [1.82, 2.24) is 10.2 Å². The van der Waals surface area contributed by atoms with Crippen LogP contribution in [-0.4, -0.2) is 10.2 Å². The van der Waals surface area contributed by atoms with E-state index in [1.54, 1.807) is 0 Å². The molecule has 0 amide bonds. The van der Waals surface area contributed by atoms with E-state index in [9.17, 15) is 0 Å². The molecule has 1 heterocycles. The molecule has 3 rings (SSSR count). The zero-order valence-corrected chi connectivity index (χ0v) is 13.7. The molecule has 0 bridgehead atoms. The molecule has 112 valence electrons. The van der Waals surface area contributed by atoms with Crippen molar-refractivity contribution in [3.63, 3.8) is 0 Å². The van der Waals surface area contributed by atoms with Gasteiger partial charge in [-0.2, -0.15) is 5.10 Å². The van der Waals surface area contributed by atoms with E-state index in [1.165, 1.54) is 0 Å². The van der Waals surface area contributed by atoms with Crippen LogP contribution in [0.25, 0.3) is 0 Å². The molecule has 0 radical (unpaired) electrons. The number of aromatic nitrogens is 2. The molecule has 0 spiro atoms. The maximum Gasteiger partial charge on any atom is 0.152 e. The molecule has 0 unspecified atom stereocenters. The van der Waals surface area contributed by atoms with Crippen molar-refractivity contribution in [1.29, 1.82) is 0 Å². The molecular weight excluding hydrogens is 341 g/mol. The molecule has 0 aliphatic carbocycles. The molecule has 0 atom stereocenters. The summed E-state index contributed by atoms with van der Waals surface area (Å²) in [6.45, 7) is 0. The lowest BCUT2D eigenvalue weighted by atomic mass is 10.1. The number of hydrogen-bond donors (Lipinski definition) is 2. The predicted molar refractivity (Wildman–Crippen MR) is 92.6 cm³/mol. The molecule has 0 fully saturated rings. The van der Waals surface area contributed by atoms with Crippen LogP contribution >= 0.6 is 34.8 Å². The quantitative estimate of drug-likeness (QED) is 0.632. The molecule has 6 heteroatoms. The van der Waals surface area contributed by atoms with E-state index in [-0.39, 0.29) is 0 Å². The highest BCUT2D eigenvalue weighted by Crippen LogP contribution is 2.27. The fraction of sp³-hybridized carbons (Fsp3) is 0.0625. The Morgan fingerprint density at radius 1 is 0.955 bits per heavy atom. The predicted octanol–water partition coefficient (Wildman–Crippen LogP) is 5.70. The van der Waals surface area contributed by atoms with Crippen molar-refractivity contribution < 1.29 is 0 Å². The first kappa shape index (κ1) is 15.2. The topological polar surface area (TPSA) is 40.7 Å². The largest absolute Gasteiger partial charge is 0.339 e. The van der Waals surface area contributed by atoms with Gasteiger partial charge in [-0.3, -0.25) is 5.10 Å². The van der Waals surface area contributed by atoms with E-state index < -0.39 is 0 Å². The van der Waals surface area contributed by atoms with Gasteiger partial charge in [0.2, 0.25) is 0 Å². The van der Waals surface area contributed by atoms with Gasteiger partial charge in [-0.05, 0) is 42.0 Å². The third-order valence-corrected chi connectivity index (χ3v) is 4.14. The Morgan fingerprint density at radius 2 is 1.64 bits per heavy atom. The fourth-order valence-corrected chi connectivity index (χ4v) is 2.75. The molecule has 22 heavy (non-hydrogen) atoms. The van der Waals surface area contributed by atoms with Gasteiger partial charge in [0.1, 0.15) is 0 Å². The number of hydrogen-bond acceptors (Lipinski definition) is 2. The second kappa shape index (κ2) is 6.61. The number of aromatic amines is 1. The first-order valence-corrected chi connectivity index (χ1v) is 7.75. The summed E-state index contributed by atoms with van der Waals surface area (Å²) in [5, 5.41) is 12.4. The number of anilines is 2. The second-order valence-electron chi connectivity index (χ2n) is 4.79. The lowest BCUT2D eigenvalue weighted by Gasteiger charge is -2.04. The van der Waals surface area contributed by atoms with Gasteiger partial charge >= 0.3 is 0 Å². The van der Waals surface area contributed by atoms with Crippen molar-refractivity contribution in [2.75, 3.05) is 5.32 Å². The third-order valence-electron chi connectivity index (χ3n) is 3.18. The van der Waals surface area contributed by atoms with Gasteiger partial charge in [0.15, 0.2) is 5.82 Å². The highest BCUT2D eigenvalue weighted by atomic mass is 35.5. The lowest BCUT2D eigenvalue weighted by Crippen LogP contribution is -1.91. The van der Waals surface area contributed by atoms with E-state index in [0.717, 1.165) is 22.8 Å². The SMILES string of the molecule is Clc1ccc(Nc2cc(Cc3c(Cl)cccc3Cl)[nH]n2)cc1. The maximum absolute atomic E-state index is 6.18. The third kappa shape index (κ3) is 3.55. The van der Waals surface area contributed by atoms with Crippen LogP contribution in [0.5, 0.6) is 0 Å². The molecule has 3 nitrogen and oxygen atoms in total. The molecule has 0 saturated heterocycles. The van der Waals surface area contributed by atoms with Crippen LogP contribution in [0, 0.1) is 0 Å². The Labute approximate surface area is 143 Å². The van der Waals surface area contributed by atoms with Crippen LogP contribution < -0.4 is 5.32 Å². The average Bonchev–Trinajstić information content (AvgIpc) is 2.93. The molecule has 0 aliphatic heterocycles. The monoisotopic (exact) mass is 351 g/mol. The van der Waals surface area contributed by atoms with Crippen molar-refractivity contribution >= 4 is 46.3 Å². The normalized spacial score (nSPS) is 10.7. The Morgan fingerprint density at radius 3 is 2.32 bits per heavy atom. The van der Waals surface area contributed by atoms with Gasteiger partial charge in [0.25, 0.3) is 0 Å². The molecule has 0 saturated carbocycles. The van der Waals surface area contributed by atoms with Gasteiger partial charge in [-0.15, -0.1) is 0 Å². The van der Waals surface area contributed by atoms with Crippen LogP contribution in [0.15, 0.2) is 48.5 Å². The summed E-state index contributed by atoms with van der Waals surface area (Å²) in [6, 6.07) is 14.8. The summed E-state index contributed by atoms with van der Waals surface area (Å²) in [5.41, 5.74) is 2.72. The first-order chi connectivity index (χ1) is 10.6. The molecule has 0 aliphatic rings. The van der Waals surface area contributed by atoms with E-state index in [4.69, 9.17) is 34.8 Å². The molecule has 2 N–H and O–H groups in total. The minimum Gasteiger partial charge on any atom is -0.339 e. The highest BCUT2D eigenvalue weighted by Gasteiger charge is 2.09. The number of benzene rings is 2. The van der Waals surface area contributed by atoms with Crippen molar-refractivity contribution in [3.8, 4) is 0 Å². The summed E-state index contributed by atoms with van der Waals surface area (Å²) < 4.78 is 0. The minimum absolute atomic E-state index is 0.591. The Hall–Kier alpha value is -1.68. The maximum atomic E-state index is 6.18. The summed E-state index contributed by atoms with van der Waals surface area (Å²) >= 11 is 18.2. The molecule has 2 aromatic carbocycles. The van der Waals surface area contributed by atoms with Gasteiger partial charge in [-0.1, -0.05) is 40.9 Å². The number of rotatable bonds is 4. The summed E-state index contributed by atoms with van der Waals surface area (Å²) in [6.07, 6.45) is 0.591. The first-order valence-electron chi connectivity index (χ1n) is 6.61. The van der Waals surface area contributed by atoms with Crippen molar-refractivity contribution in [2.45, 2.75) is 6.42 Å². The highest BCUT2D eigenvalue weighted by molar-refractivity contribution is 6.36. The molecule has 3 aromatic rings. The zero-order valence-electron chi connectivity index (χ0n) is 11.4. The Bertz CT molecular complexity index is 761. The Kier molecular flexibility index (Phi) is 4.57. The number of nitrogens with zero attached hydrogens (tertiary/aromatic N) is 1. The lowest BCUT2D eigenvalue weighted by molar-refractivity contribution is 0.998. The van der Waals surface area contributed by atoms with Crippen LogP contribution in [0.1, 0.15) is 11.3 Å². The van der Waals surface area contributed by atoms with Gasteiger partial charge in [-0.25, -0.2) is 0 Å². The standard InChI is InChI=1S/C16H12Cl3N3/c17-10-4-6-11(7-5-10)20-16-9-12(21-22-16)8-13-14(18)2-1-3-15(13)19/h1-7,9H,8H2,(H2,20,21,22). The number of H-pyrrole nitrogens is 1. The summed E-state index contributed by atoms with van der Waals surface area (Å²) in [5.74, 6) is 0.723. The van der Waals surface area contributed by atoms with Crippen LogP contribution in [0.3, 0.4) is 0 Å². The molecular formula is C16H12Cl3N3. The molecule has 1 aromatic heterocycles. The minimum atomic E-state index is 0.591. The van der Waals surface area contributed by atoms with Crippen LogP contribution in [0.4, 0.5) is 11.5 Å².